The third kappa shape index (κ3) is 4.45. The average Bonchev–Trinajstić information content (AvgIpc) is 3.09. The van der Waals surface area contributed by atoms with Crippen LogP contribution >= 0.6 is 11.6 Å². The smallest absolute Gasteiger partial charge is 0.296 e. The molecule has 1 aliphatic heterocycles. The predicted molar refractivity (Wildman–Crippen MR) is 95.5 cm³/mol. The van der Waals surface area contributed by atoms with Gasteiger partial charge in [0.25, 0.3) is 16.1 Å². The normalized spacial score (nSPS) is 15.7. The average molecular weight is 418 g/mol. The van der Waals surface area contributed by atoms with Crippen LogP contribution in [0.5, 0.6) is 0 Å². The van der Waals surface area contributed by atoms with Crippen LogP contribution in [-0.4, -0.2) is 54.5 Å². The molecule has 27 heavy (non-hydrogen) atoms. The van der Waals surface area contributed by atoms with Gasteiger partial charge in [0.05, 0.1) is 35.8 Å². The second-order valence-electron chi connectivity index (χ2n) is 5.82. The first-order valence-electron chi connectivity index (χ1n) is 7.90. The van der Waals surface area contributed by atoms with E-state index in [1.807, 2.05) is 10.3 Å². The zero-order valence-electron chi connectivity index (χ0n) is 14.3. The van der Waals surface area contributed by atoms with Crippen LogP contribution in [0, 0.1) is 5.82 Å². The molecule has 1 aliphatic rings. The Balaban J connectivity index is 1.79. The number of benzene rings is 1. The maximum atomic E-state index is 14.3. The van der Waals surface area contributed by atoms with E-state index in [1.165, 1.54) is 12.1 Å². The molecule has 146 valence electrons. The van der Waals surface area contributed by atoms with E-state index in [1.54, 1.807) is 24.1 Å². The van der Waals surface area contributed by atoms with Gasteiger partial charge in [-0.15, -0.1) is 4.83 Å². The van der Waals surface area contributed by atoms with Crippen molar-refractivity contribution in [3.05, 3.63) is 41.1 Å². The number of amides is 1. The molecule has 1 saturated heterocycles. The summed E-state index contributed by atoms with van der Waals surface area (Å²) in [6.45, 7) is 0.817. The zero-order chi connectivity index (χ0) is 19.6. The maximum Gasteiger partial charge on any atom is 0.296 e. The van der Waals surface area contributed by atoms with Crippen LogP contribution in [0.3, 0.4) is 0 Å². The molecule has 0 atom stereocenters. The van der Waals surface area contributed by atoms with Gasteiger partial charge >= 0.3 is 0 Å². The Bertz CT molecular complexity index is 959. The highest BCUT2D eigenvalue weighted by molar-refractivity contribution is 7.87. The molecule has 2 heterocycles. The van der Waals surface area contributed by atoms with E-state index in [9.17, 15) is 17.6 Å². The van der Waals surface area contributed by atoms with Crippen molar-refractivity contribution >= 4 is 27.7 Å². The van der Waals surface area contributed by atoms with Crippen LogP contribution in [0.1, 0.15) is 10.4 Å². The summed E-state index contributed by atoms with van der Waals surface area (Å²) in [6.07, 6.45) is 3.22. The Morgan fingerprint density at radius 3 is 2.67 bits per heavy atom. The van der Waals surface area contributed by atoms with Crippen LogP contribution in [0.2, 0.25) is 5.02 Å². The first-order chi connectivity index (χ1) is 12.8. The van der Waals surface area contributed by atoms with E-state index in [0.29, 0.717) is 11.3 Å². The van der Waals surface area contributed by atoms with Crippen LogP contribution < -0.4 is 10.3 Å². The van der Waals surface area contributed by atoms with E-state index < -0.39 is 27.5 Å². The number of imidazole rings is 1. The second-order valence-corrected chi connectivity index (χ2v) is 7.89. The number of hydrazine groups is 1. The molecule has 12 heteroatoms. The van der Waals surface area contributed by atoms with Gasteiger partial charge in [0.2, 0.25) is 0 Å². The van der Waals surface area contributed by atoms with Gasteiger partial charge in [-0.25, -0.2) is 9.37 Å². The summed E-state index contributed by atoms with van der Waals surface area (Å²) in [5.41, 5.74) is 2.50. The highest BCUT2D eigenvalue weighted by Gasteiger charge is 2.25. The van der Waals surface area contributed by atoms with Crippen LogP contribution in [0.15, 0.2) is 24.7 Å². The molecule has 3 rings (SSSR count). The number of nitrogens with one attached hydrogen (secondary N) is 2. The summed E-state index contributed by atoms with van der Waals surface area (Å²) >= 11 is 5.88. The number of carbonyl (C=O) groups is 1. The van der Waals surface area contributed by atoms with Gasteiger partial charge < -0.3 is 9.30 Å². The van der Waals surface area contributed by atoms with Crippen LogP contribution in [-0.2, 0) is 22.0 Å². The Morgan fingerprint density at radius 1 is 1.33 bits per heavy atom. The fourth-order valence-electron chi connectivity index (χ4n) is 2.49. The topological polar surface area (TPSA) is 106 Å². The first-order valence-corrected chi connectivity index (χ1v) is 9.72. The fraction of sp³-hybridized carbons (Fsp3) is 0.333. The van der Waals surface area contributed by atoms with Crippen molar-refractivity contribution in [3.63, 3.8) is 0 Å². The van der Waals surface area contributed by atoms with Crippen LogP contribution in [0.4, 0.5) is 4.39 Å². The summed E-state index contributed by atoms with van der Waals surface area (Å²) in [5.74, 6) is -1.94. The standard InChI is InChI=1S/C15H17ClFN5O4S/c1-21-8-13(18-9-21)10-6-11(14(17)12(16)7-10)15(23)19-20-27(24,25)22-2-4-26-5-3-22/h6-9,20H,2-5H2,1H3,(H,19,23). The fourth-order valence-corrected chi connectivity index (χ4v) is 3.69. The summed E-state index contributed by atoms with van der Waals surface area (Å²) in [6, 6.07) is 2.59. The number of morpholine rings is 1. The lowest BCUT2D eigenvalue weighted by molar-refractivity contribution is 0.0720. The molecule has 2 aromatic rings. The SMILES string of the molecule is Cn1cnc(-c2cc(Cl)c(F)c(C(=O)NNS(=O)(=O)N3CCOCC3)c2)c1. The Morgan fingerprint density at radius 2 is 2.04 bits per heavy atom. The van der Waals surface area contributed by atoms with Crippen LogP contribution in [0.25, 0.3) is 11.3 Å². The number of rotatable bonds is 5. The molecule has 1 aromatic carbocycles. The summed E-state index contributed by atoms with van der Waals surface area (Å²) in [4.78, 5) is 18.4. The Kier molecular flexibility index (Phi) is 5.77. The lowest BCUT2D eigenvalue weighted by Crippen LogP contribution is -2.52. The largest absolute Gasteiger partial charge is 0.379 e. The van der Waals surface area contributed by atoms with Crippen molar-refractivity contribution in [2.45, 2.75) is 0 Å². The first kappa shape index (κ1) is 19.7. The van der Waals surface area contributed by atoms with Gasteiger partial charge in [-0.05, 0) is 12.1 Å². The van der Waals surface area contributed by atoms with Gasteiger partial charge in [0.15, 0.2) is 5.82 Å². The minimum atomic E-state index is -3.97. The summed E-state index contributed by atoms with van der Waals surface area (Å²) in [5, 5.41) is -0.278. The van der Waals surface area contributed by atoms with Gasteiger partial charge in [0, 0.05) is 31.9 Å². The molecular formula is C15H17ClFN5O4S. The molecule has 0 spiro atoms. The van der Waals surface area contributed by atoms with Gasteiger partial charge in [-0.3, -0.25) is 10.2 Å². The number of ether oxygens (including phenoxy) is 1. The van der Waals surface area contributed by atoms with E-state index in [4.69, 9.17) is 16.3 Å². The molecule has 0 radical (unpaired) electrons. The van der Waals surface area contributed by atoms with E-state index in [-0.39, 0.29) is 31.3 Å². The van der Waals surface area contributed by atoms with Crippen molar-refractivity contribution in [2.75, 3.05) is 26.3 Å². The Labute approximate surface area is 160 Å². The molecule has 9 nitrogen and oxygen atoms in total. The monoisotopic (exact) mass is 417 g/mol. The number of carbonyl (C=O) groups excluding carboxylic acids is 1. The van der Waals surface area contributed by atoms with Gasteiger partial charge in [-0.1, -0.05) is 11.6 Å². The van der Waals surface area contributed by atoms with Crippen molar-refractivity contribution in [1.82, 2.24) is 24.1 Å². The zero-order valence-corrected chi connectivity index (χ0v) is 15.8. The van der Waals surface area contributed by atoms with E-state index >= 15 is 0 Å². The minimum absolute atomic E-state index is 0.153. The second kappa shape index (κ2) is 7.90. The molecule has 0 unspecified atom stereocenters. The third-order valence-electron chi connectivity index (χ3n) is 3.88. The molecule has 0 bridgehead atoms. The van der Waals surface area contributed by atoms with E-state index in [2.05, 4.69) is 4.98 Å². The number of aryl methyl sites for hydroxylation is 1. The molecule has 2 N–H and O–H groups in total. The minimum Gasteiger partial charge on any atom is -0.379 e. The maximum absolute atomic E-state index is 14.3. The number of aromatic nitrogens is 2. The number of halogens is 2. The van der Waals surface area contributed by atoms with Crippen molar-refractivity contribution in [3.8, 4) is 11.3 Å². The molecule has 0 saturated carbocycles. The predicted octanol–water partition coefficient (Wildman–Crippen LogP) is 0.691. The molecule has 1 amide bonds. The van der Waals surface area contributed by atoms with Crippen molar-refractivity contribution in [2.24, 2.45) is 7.05 Å². The Hall–Kier alpha value is -2.05. The van der Waals surface area contributed by atoms with Gasteiger partial charge in [-0.2, -0.15) is 12.7 Å². The third-order valence-corrected chi connectivity index (χ3v) is 5.56. The number of hydrogen-bond acceptors (Lipinski definition) is 5. The lowest BCUT2D eigenvalue weighted by atomic mass is 10.1. The summed E-state index contributed by atoms with van der Waals surface area (Å²) in [7, 11) is -2.21. The quantitative estimate of drug-likeness (QED) is 0.696. The molecule has 1 aromatic heterocycles. The number of hydrogen-bond donors (Lipinski definition) is 2. The van der Waals surface area contributed by atoms with Crippen molar-refractivity contribution in [1.29, 1.82) is 0 Å². The van der Waals surface area contributed by atoms with Crippen molar-refractivity contribution < 1.29 is 22.3 Å². The van der Waals surface area contributed by atoms with Gasteiger partial charge in [0.1, 0.15) is 0 Å². The lowest BCUT2D eigenvalue weighted by Gasteiger charge is -2.26. The molecular weight excluding hydrogens is 401 g/mol. The van der Waals surface area contributed by atoms with E-state index in [0.717, 1.165) is 4.31 Å². The molecule has 0 aliphatic carbocycles. The number of nitrogens with zero attached hydrogens (tertiary/aromatic N) is 3. The summed E-state index contributed by atoms with van der Waals surface area (Å²) < 4.78 is 46.5. The highest BCUT2D eigenvalue weighted by Crippen LogP contribution is 2.27. The molecule has 1 fully saturated rings. The highest BCUT2D eigenvalue weighted by atomic mass is 35.5.